The van der Waals surface area contributed by atoms with E-state index < -0.39 is 0 Å². The minimum absolute atomic E-state index is 0.0331. The Labute approximate surface area is 103 Å². The van der Waals surface area contributed by atoms with E-state index in [9.17, 15) is 14.4 Å². The van der Waals surface area contributed by atoms with Crippen LogP contribution >= 0.6 is 22.6 Å². The summed E-state index contributed by atoms with van der Waals surface area (Å²) in [5, 5.41) is 2.55. The van der Waals surface area contributed by atoms with Crippen LogP contribution in [-0.2, 0) is 14.4 Å². The van der Waals surface area contributed by atoms with Crippen molar-refractivity contribution in [2.45, 2.75) is 39.0 Å². The molecule has 0 fully saturated rings. The molecule has 5 heteroatoms. The van der Waals surface area contributed by atoms with Gasteiger partial charge >= 0.3 is 0 Å². The Kier molecular flexibility index (Phi) is 8.55. The van der Waals surface area contributed by atoms with Gasteiger partial charge in [-0.25, -0.2) is 0 Å². The summed E-state index contributed by atoms with van der Waals surface area (Å²) in [7, 11) is 0. The number of amides is 1. The molecule has 0 atom stereocenters. The molecule has 0 spiro atoms. The van der Waals surface area contributed by atoms with Gasteiger partial charge in [0, 0.05) is 19.3 Å². The highest BCUT2D eigenvalue weighted by Gasteiger charge is 2.04. The minimum atomic E-state index is -0.113. The highest BCUT2D eigenvalue weighted by atomic mass is 127. The number of hydrogen-bond donors (Lipinski definition) is 1. The first-order valence-corrected chi connectivity index (χ1v) is 6.10. The molecule has 0 aromatic carbocycles. The topological polar surface area (TPSA) is 63.2 Å². The van der Waals surface area contributed by atoms with Crippen molar-refractivity contribution in [1.82, 2.24) is 5.32 Å². The van der Waals surface area contributed by atoms with Crippen LogP contribution in [0.25, 0.3) is 0 Å². The van der Waals surface area contributed by atoms with E-state index in [1.807, 2.05) is 0 Å². The maximum atomic E-state index is 11.2. The van der Waals surface area contributed by atoms with E-state index in [4.69, 9.17) is 0 Å². The molecule has 0 radical (unpaired) electrons. The van der Waals surface area contributed by atoms with E-state index in [2.05, 4.69) is 5.32 Å². The molecule has 0 aliphatic carbocycles. The van der Waals surface area contributed by atoms with Crippen LogP contribution in [0.1, 0.15) is 39.0 Å². The van der Waals surface area contributed by atoms with E-state index in [0.29, 0.717) is 25.7 Å². The Morgan fingerprint density at radius 3 is 2.27 bits per heavy atom. The molecule has 0 aromatic heterocycles. The Morgan fingerprint density at radius 1 is 1.13 bits per heavy atom. The summed E-state index contributed by atoms with van der Waals surface area (Å²) in [4.78, 5) is 32.6. The smallest absolute Gasteiger partial charge is 0.220 e. The second-order valence-electron chi connectivity index (χ2n) is 3.23. The SMILES string of the molecule is CCC(=O)CNC(=O)CCCCC(=O)I. The third-order valence-electron chi connectivity index (χ3n) is 1.90. The van der Waals surface area contributed by atoms with Crippen molar-refractivity contribution in [2.24, 2.45) is 0 Å². The van der Waals surface area contributed by atoms with Crippen LogP contribution in [0.5, 0.6) is 0 Å². The Bertz CT molecular complexity index is 241. The molecule has 0 aliphatic heterocycles. The van der Waals surface area contributed by atoms with Gasteiger partial charge in [-0.05, 0) is 35.4 Å². The van der Waals surface area contributed by atoms with Crippen LogP contribution in [0.2, 0.25) is 0 Å². The van der Waals surface area contributed by atoms with Crippen molar-refractivity contribution in [3.05, 3.63) is 0 Å². The Hall–Kier alpha value is -0.460. The average molecular weight is 325 g/mol. The molecule has 0 rings (SSSR count). The first-order valence-electron chi connectivity index (χ1n) is 5.03. The lowest BCUT2D eigenvalue weighted by Gasteiger charge is -2.02. The quantitative estimate of drug-likeness (QED) is 0.419. The fourth-order valence-electron chi connectivity index (χ4n) is 0.960. The van der Waals surface area contributed by atoms with Gasteiger partial charge in [0.1, 0.15) is 0 Å². The third kappa shape index (κ3) is 9.84. The lowest BCUT2D eigenvalue weighted by Crippen LogP contribution is -2.28. The highest BCUT2D eigenvalue weighted by Crippen LogP contribution is 2.03. The predicted octanol–water partition coefficient (Wildman–Crippen LogP) is 1.60. The highest BCUT2D eigenvalue weighted by molar-refractivity contribution is 14.1. The number of nitrogens with one attached hydrogen (secondary N) is 1. The lowest BCUT2D eigenvalue weighted by molar-refractivity contribution is -0.125. The normalized spacial score (nSPS) is 9.73. The van der Waals surface area contributed by atoms with Crippen molar-refractivity contribution in [3.63, 3.8) is 0 Å². The zero-order valence-electron chi connectivity index (χ0n) is 8.85. The maximum absolute atomic E-state index is 11.2. The number of hydrogen-bond acceptors (Lipinski definition) is 3. The first kappa shape index (κ1) is 14.5. The predicted molar refractivity (Wildman–Crippen MR) is 65.8 cm³/mol. The van der Waals surface area contributed by atoms with Gasteiger partial charge in [0.2, 0.25) is 5.91 Å². The molecule has 0 heterocycles. The molecule has 1 N–H and O–H groups in total. The first-order chi connectivity index (χ1) is 7.06. The van der Waals surface area contributed by atoms with Gasteiger partial charge in [-0.3, -0.25) is 14.4 Å². The van der Waals surface area contributed by atoms with Gasteiger partial charge in [0.25, 0.3) is 0 Å². The molecule has 0 unspecified atom stereocenters. The van der Waals surface area contributed by atoms with Gasteiger partial charge < -0.3 is 5.32 Å². The molecule has 0 bridgehead atoms. The lowest BCUT2D eigenvalue weighted by atomic mass is 10.2. The molecule has 0 aromatic rings. The molecule has 0 aliphatic rings. The van der Waals surface area contributed by atoms with E-state index in [-0.39, 0.29) is 22.0 Å². The monoisotopic (exact) mass is 325 g/mol. The van der Waals surface area contributed by atoms with E-state index in [1.165, 1.54) is 0 Å². The van der Waals surface area contributed by atoms with E-state index in [1.54, 1.807) is 29.5 Å². The largest absolute Gasteiger partial charge is 0.349 e. The number of ketones is 1. The molecule has 0 saturated heterocycles. The van der Waals surface area contributed by atoms with Crippen LogP contribution < -0.4 is 5.32 Å². The zero-order chi connectivity index (χ0) is 11.7. The number of Topliss-reactive ketones (excluding diaryl/α,β-unsaturated/α-hetero) is 1. The van der Waals surface area contributed by atoms with Crippen LogP contribution in [0, 0.1) is 0 Å². The summed E-state index contributed by atoms with van der Waals surface area (Å²) in [6.07, 6.45) is 2.78. The second kappa shape index (κ2) is 8.82. The van der Waals surface area contributed by atoms with Crippen LogP contribution in [0.4, 0.5) is 0 Å². The van der Waals surface area contributed by atoms with Crippen molar-refractivity contribution >= 4 is 38.1 Å². The molecule has 15 heavy (non-hydrogen) atoms. The van der Waals surface area contributed by atoms with Crippen molar-refractivity contribution < 1.29 is 14.4 Å². The summed E-state index contributed by atoms with van der Waals surface area (Å²) in [5.41, 5.74) is 0. The fraction of sp³-hybridized carbons (Fsp3) is 0.700. The summed E-state index contributed by atoms with van der Waals surface area (Å²) in [6, 6.07) is 0. The number of carbonyl (C=O) groups is 3. The number of halogens is 1. The van der Waals surface area contributed by atoms with Gasteiger partial charge in [-0.1, -0.05) is 6.92 Å². The molecular weight excluding hydrogens is 309 g/mol. The van der Waals surface area contributed by atoms with Crippen LogP contribution in [-0.4, -0.2) is 22.0 Å². The second-order valence-corrected chi connectivity index (χ2v) is 4.43. The molecule has 1 amide bonds. The van der Waals surface area contributed by atoms with Crippen LogP contribution in [0.15, 0.2) is 0 Å². The minimum Gasteiger partial charge on any atom is -0.349 e. The van der Waals surface area contributed by atoms with Crippen molar-refractivity contribution in [2.75, 3.05) is 6.54 Å². The van der Waals surface area contributed by atoms with Crippen LogP contribution in [0.3, 0.4) is 0 Å². The summed E-state index contributed by atoms with van der Waals surface area (Å²) >= 11 is 1.75. The summed E-state index contributed by atoms with van der Waals surface area (Å²) < 4.78 is 0.120. The molecule has 0 saturated carbocycles. The number of unbranched alkanes of at least 4 members (excludes halogenated alkanes) is 1. The Morgan fingerprint density at radius 2 is 1.73 bits per heavy atom. The van der Waals surface area contributed by atoms with Crippen molar-refractivity contribution in [3.8, 4) is 0 Å². The molecular formula is C10H16INO3. The number of carbonyl (C=O) groups excluding carboxylic acids is 3. The summed E-state index contributed by atoms with van der Waals surface area (Å²) in [5.74, 6) is -0.0801. The molecule has 4 nitrogen and oxygen atoms in total. The number of rotatable bonds is 8. The Balaban J connectivity index is 3.41. The van der Waals surface area contributed by atoms with Gasteiger partial charge in [0.15, 0.2) is 9.57 Å². The van der Waals surface area contributed by atoms with Gasteiger partial charge in [-0.15, -0.1) is 0 Å². The fourth-order valence-corrected chi connectivity index (χ4v) is 1.34. The zero-order valence-corrected chi connectivity index (χ0v) is 11.0. The average Bonchev–Trinajstić information content (AvgIpc) is 2.20. The maximum Gasteiger partial charge on any atom is 0.220 e. The summed E-state index contributed by atoms with van der Waals surface area (Å²) in [6.45, 7) is 1.89. The van der Waals surface area contributed by atoms with Gasteiger partial charge in [-0.2, -0.15) is 0 Å². The van der Waals surface area contributed by atoms with Gasteiger partial charge in [0.05, 0.1) is 6.54 Å². The third-order valence-corrected chi connectivity index (χ3v) is 2.44. The molecule has 86 valence electrons. The van der Waals surface area contributed by atoms with E-state index in [0.717, 1.165) is 6.42 Å². The van der Waals surface area contributed by atoms with Crippen molar-refractivity contribution in [1.29, 1.82) is 0 Å². The van der Waals surface area contributed by atoms with E-state index >= 15 is 0 Å². The standard InChI is InChI=1S/C10H16INO3/c1-2-8(13)7-12-10(15)6-4-3-5-9(11)14/h2-7H2,1H3,(H,12,15).